The van der Waals surface area contributed by atoms with Gasteiger partial charge in [0.05, 0.1) is 13.2 Å². The number of hydrogen-bond acceptors (Lipinski definition) is 9. The molecule has 120 valence electrons. The van der Waals surface area contributed by atoms with Gasteiger partial charge in [-0.2, -0.15) is 9.67 Å². The van der Waals surface area contributed by atoms with Gasteiger partial charge in [0.25, 0.3) is 0 Å². The summed E-state index contributed by atoms with van der Waals surface area (Å²) in [7, 11) is 0. The van der Waals surface area contributed by atoms with Gasteiger partial charge in [0.2, 0.25) is 0 Å². The third-order valence-electron chi connectivity index (χ3n) is 2.27. The maximum atomic E-state index is 5.53. The van der Waals surface area contributed by atoms with E-state index < -0.39 is 6.72 Å². The number of rotatable bonds is 8. The van der Waals surface area contributed by atoms with Gasteiger partial charge in [0.15, 0.2) is 11.0 Å². The molecule has 0 amide bonds. The minimum absolute atomic E-state index is 0.0922. The van der Waals surface area contributed by atoms with Crippen molar-refractivity contribution in [2.24, 2.45) is 0 Å². The highest BCUT2D eigenvalue weighted by Crippen LogP contribution is 2.48. The molecule has 0 N–H and O–H groups in total. The summed E-state index contributed by atoms with van der Waals surface area (Å²) in [4.78, 5) is 12.5. The predicted molar refractivity (Wildman–Crippen MR) is 86.9 cm³/mol. The van der Waals surface area contributed by atoms with E-state index in [0.717, 1.165) is 0 Å². The highest BCUT2D eigenvalue weighted by atomic mass is 32.5. The van der Waals surface area contributed by atoms with Crippen LogP contribution in [0.4, 0.5) is 0 Å². The molecule has 0 fully saturated rings. The van der Waals surface area contributed by atoms with Crippen molar-refractivity contribution in [3.63, 3.8) is 0 Å². The average molecular weight is 361 g/mol. The first-order valence-electron chi connectivity index (χ1n) is 6.48. The zero-order valence-corrected chi connectivity index (χ0v) is 14.9. The predicted octanol–water partition coefficient (Wildman–Crippen LogP) is 2.46. The fraction of sp³-hybridized carbons (Fsp3) is 0.455. The Morgan fingerprint density at radius 3 is 2.64 bits per heavy atom. The first kappa shape index (κ1) is 17.3. The maximum absolute atomic E-state index is 5.53. The molecular formula is C11H16N5O3PS2. The summed E-state index contributed by atoms with van der Waals surface area (Å²) in [6.07, 6.45) is 5.04. The second-order valence-corrected chi connectivity index (χ2v) is 7.46. The zero-order valence-electron chi connectivity index (χ0n) is 12.4. The Hall–Kier alpha value is -1.06. The summed E-state index contributed by atoms with van der Waals surface area (Å²) in [6, 6.07) is 1.81. The molecule has 0 aliphatic rings. The van der Waals surface area contributed by atoms with E-state index in [9.17, 15) is 0 Å². The molecule has 0 saturated carbocycles. The van der Waals surface area contributed by atoms with Crippen molar-refractivity contribution in [3.8, 4) is 11.8 Å². The second kappa shape index (κ2) is 7.98. The molecular weight excluding hydrogens is 345 g/mol. The Morgan fingerprint density at radius 1 is 1.27 bits per heavy atom. The quantitative estimate of drug-likeness (QED) is 0.400. The second-order valence-electron chi connectivity index (χ2n) is 3.75. The van der Waals surface area contributed by atoms with Crippen molar-refractivity contribution in [2.75, 3.05) is 19.5 Å². The van der Waals surface area contributed by atoms with Crippen molar-refractivity contribution in [1.29, 1.82) is 0 Å². The molecule has 2 aromatic rings. The molecule has 0 saturated heterocycles. The van der Waals surface area contributed by atoms with E-state index in [-0.39, 0.29) is 6.01 Å². The molecule has 2 heterocycles. The molecule has 11 heteroatoms. The smallest absolute Gasteiger partial charge is 0.382 e. The minimum atomic E-state index is -2.88. The Balaban J connectivity index is 2.18. The van der Waals surface area contributed by atoms with E-state index in [0.29, 0.717) is 24.2 Å². The molecule has 0 atom stereocenters. The molecule has 22 heavy (non-hydrogen) atoms. The third kappa shape index (κ3) is 4.47. The van der Waals surface area contributed by atoms with Gasteiger partial charge in [0.1, 0.15) is 6.33 Å². The summed E-state index contributed by atoms with van der Waals surface area (Å²) in [5.74, 6) is 0.586. The van der Waals surface area contributed by atoms with Crippen molar-refractivity contribution >= 4 is 30.3 Å². The van der Waals surface area contributed by atoms with Crippen molar-refractivity contribution in [1.82, 2.24) is 24.7 Å². The highest BCUT2D eigenvalue weighted by molar-refractivity contribution is 8.07. The summed E-state index contributed by atoms with van der Waals surface area (Å²) in [6.45, 7) is 1.54. The zero-order chi connectivity index (χ0) is 16.0. The van der Waals surface area contributed by atoms with Crippen LogP contribution in [0, 0.1) is 0 Å². The number of hydrogen-bond donors (Lipinski definition) is 0. The van der Waals surface area contributed by atoms with E-state index >= 15 is 0 Å². The molecule has 0 bridgehead atoms. The highest BCUT2D eigenvalue weighted by Gasteiger charge is 2.23. The van der Waals surface area contributed by atoms with Crippen LogP contribution in [0.1, 0.15) is 13.8 Å². The van der Waals surface area contributed by atoms with E-state index in [1.807, 2.05) is 20.1 Å². The Morgan fingerprint density at radius 2 is 2.00 bits per heavy atom. The lowest BCUT2D eigenvalue weighted by Crippen LogP contribution is -2.04. The van der Waals surface area contributed by atoms with Gasteiger partial charge in [-0.05, 0) is 20.1 Å². The van der Waals surface area contributed by atoms with Gasteiger partial charge in [-0.25, -0.2) is 9.97 Å². The molecule has 0 aliphatic heterocycles. The molecule has 0 unspecified atom stereocenters. The lowest BCUT2D eigenvalue weighted by Gasteiger charge is -2.18. The fourth-order valence-corrected chi connectivity index (χ4v) is 3.74. The monoisotopic (exact) mass is 361 g/mol. The summed E-state index contributed by atoms with van der Waals surface area (Å²) >= 11 is 6.72. The van der Waals surface area contributed by atoms with Gasteiger partial charge in [-0.15, -0.1) is 5.10 Å². The molecule has 0 aliphatic carbocycles. The van der Waals surface area contributed by atoms with Crippen LogP contribution in [-0.2, 0) is 20.9 Å². The van der Waals surface area contributed by atoms with Gasteiger partial charge >= 0.3 is 12.7 Å². The first-order chi connectivity index (χ1) is 10.6. The van der Waals surface area contributed by atoms with Gasteiger partial charge < -0.3 is 4.52 Å². The minimum Gasteiger partial charge on any atom is -0.388 e. The molecule has 2 rings (SSSR count). The average Bonchev–Trinajstić information content (AvgIpc) is 2.96. The van der Waals surface area contributed by atoms with Crippen LogP contribution in [-0.4, -0.2) is 44.2 Å². The standard InChI is InChI=1S/C11H16N5O3PS2/c1-4-17-20(21,18-5-2)19-10-13-8-16(15-10)9-6-7-12-11(14-9)22-3/h6-8H,4-5H2,1-3H3. The number of nitrogens with zero attached hydrogens (tertiary/aromatic N) is 5. The van der Waals surface area contributed by atoms with Crippen LogP contribution in [0.15, 0.2) is 23.7 Å². The molecule has 0 radical (unpaired) electrons. The normalized spacial score (nSPS) is 11.6. The number of aromatic nitrogens is 5. The summed E-state index contributed by atoms with van der Waals surface area (Å²) in [5, 5.41) is 4.83. The summed E-state index contributed by atoms with van der Waals surface area (Å²) in [5.41, 5.74) is 0. The largest absolute Gasteiger partial charge is 0.388 e. The van der Waals surface area contributed by atoms with E-state index in [2.05, 4.69) is 20.1 Å². The molecule has 0 spiro atoms. The van der Waals surface area contributed by atoms with E-state index in [1.54, 1.807) is 12.3 Å². The van der Waals surface area contributed by atoms with Crippen molar-refractivity contribution in [3.05, 3.63) is 18.6 Å². The van der Waals surface area contributed by atoms with E-state index in [4.69, 9.17) is 25.4 Å². The lowest BCUT2D eigenvalue weighted by atomic mass is 10.6. The third-order valence-corrected chi connectivity index (χ3v) is 5.23. The molecule has 0 aromatic carbocycles. The molecule has 2 aromatic heterocycles. The first-order valence-corrected chi connectivity index (χ1v) is 10.3. The SMILES string of the molecule is CCOP(=S)(OCC)Oc1ncn(-c2ccnc(SC)n2)n1. The van der Waals surface area contributed by atoms with Crippen molar-refractivity contribution < 1.29 is 13.6 Å². The van der Waals surface area contributed by atoms with Gasteiger partial charge in [-0.3, -0.25) is 9.05 Å². The Labute approximate surface area is 137 Å². The fourth-order valence-electron chi connectivity index (χ4n) is 1.46. The van der Waals surface area contributed by atoms with Crippen LogP contribution >= 0.6 is 18.5 Å². The molecule has 8 nitrogen and oxygen atoms in total. The van der Waals surface area contributed by atoms with Crippen LogP contribution in [0.5, 0.6) is 6.01 Å². The summed E-state index contributed by atoms with van der Waals surface area (Å²) < 4.78 is 17.8. The van der Waals surface area contributed by atoms with Crippen LogP contribution in [0.3, 0.4) is 0 Å². The maximum Gasteiger partial charge on any atom is 0.382 e. The van der Waals surface area contributed by atoms with Gasteiger partial charge in [0, 0.05) is 24.1 Å². The van der Waals surface area contributed by atoms with Crippen LogP contribution in [0.2, 0.25) is 0 Å². The van der Waals surface area contributed by atoms with Crippen molar-refractivity contribution in [2.45, 2.75) is 19.0 Å². The van der Waals surface area contributed by atoms with E-state index in [1.165, 1.54) is 22.8 Å². The topological polar surface area (TPSA) is 84.2 Å². The lowest BCUT2D eigenvalue weighted by molar-refractivity contribution is 0.214. The van der Waals surface area contributed by atoms with Crippen LogP contribution < -0.4 is 4.52 Å². The van der Waals surface area contributed by atoms with Gasteiger partial charge in [-0.1, -0.05) is 11.8 Å². The van der Waals surface area contributed by atoms with Crippen LogP contribution in [0.25, 0.3) is 5.82 Å². The Bertz CT molecular complexity index is 659. The Kier molecular flexibility index (Phi) is 6.27. The number of thioether (sulfide) groups is 1.